The topological polar surface area (TPSA) is 38.1 Å². The maximum atomic E-state index is 5.34. The zero-order chi connectivity index (χ0) is 14.9. The largest absolute Gasteiger partial charge is 0.444 e. The first kappa shape index (κ1) is 15.6. The molecule has 1 unspecified atom stereocenters. The number of hydrogen-bond acceptors (Lipinski definition) is 3. The van der Waals surface area contributed by atoms with Crippen LogP contribution in [0.5, 0.6) is 0 Å². The Hall–Kier alpha value is -1.77. The van der Waals surface area contributed by atoms with Gasteiger partial charge in [-0.05, 0) is 25.5 Å². The second-order valence-corrected chi connectivity index (χ2v) is 5.69. The number of nitrogens with one attached hydrogen (secondary N) is 1. The summed E-state index contributed by atoms with van der Waals surface area (Å²) in [5, 5.41) is 3.57. The van der Waals surface area contributed by atoms with Gasteiger partial charge in [0.05, 0.1) is 6.20 Å². The number of oxazole rings is 1. The Morgan fingerprint density at radius 2 is 2.05 bits per heavy atom. The van der Waals surface area contributed by atoms with E-state index in [1.54, 1.807) is 6.20 Å². The van der Waals surface area contributed by atoms with Crippen molar-refractivity contribution < 1.29 is 4.42 Å². The normalized spacial score (nSPS) is 12.3. The molecular formula is C18H26N2O. The first-order valence-electron chi connectivity index (χ1n) is 8.05. The van der Waals surface area contributed by atoms with Crippen molar-refractivity contribution in [2.24, 2.45) is 0 Å². The van der Waals surface area contributed by atoms with E-state index >= 15 is 0 Å². The molecule has 21 heavy (non-hydrogen) atoms. The molecule has 2 aromatic rings. The zero-order valence-corrected chi connectivity index (χ0v) is 13.1. The SMILES string of the molecule is CCCCCCCC(C)Nc1cccc(-c2cnco2)c1. The van der Waals surface area contributed by atoms with Crippen molar-refractivity contribution in [3.63, 3.8) is 0 Å². The molecule has 0 amide bonds. The molecule has 0 bridgehead atoms. The Labute approximate surface area is 127 Å². The van der Waals surface area contributed by atoms with Crippen molar-refractivity contribution in [1.82, 2.24) is 4.98 Å². The molecule has 0 saturated carbocycles. The highest BCUT2D eigenvalue weighted by molar-refractivity contribution is 5.63. The molecule has 1 N–H and O–H groups in total. The van der Waals surface area contributed by atoms with Crippen LogP contribution < -0.4 is 5.32 Å². The third-order valence-corrected chi connectivity index (χ3v) is 3.73. The van der Waals surface area contributed by atoms with E-state index < -0.39 is 0 Å². The van der Waals surface area contributed by atoms with Crippen molar-refractivity contribution in [2.75, 3.05) is 5.32 Å². The molecule has 2 rings (SSSR count). The van der Waals surface area contributed by atoms with Gasteiger partial charge < -0.3 is 9.73 Å². The van der Waals surface area contributed by atoms with Gasteiger partial charge in [0.1, 0.15) is 0 Å². The van der Waals surface area contributed by atoms with Crippen LogP contribution in [0.4, 0.5) is 5.69 Å². The molecule has 1 heterocycles. The quantitative estimate of drug-likeness (QED) is 0.618. The fourth-order valence-corrected chi connectivity index (χ4v) is 2.53. The summed E-state index contributed by atoms with van der Waals surface area (Å²) in [6.45, 7) is 4.51. The molecule has 3 heteroatoms. The lowest BCUT2D eigenvalue weighted by atomic mass is 10.1. The van der Waals surface area contributed by atoms with Crippen LogP contribution in [0.15, 0.2) is 41.3 Å². The molecule has 0 aliphatic carbocycles. The number of hydrogen-bond donors (Lipinski definition) is 1. The van der Waals surface area contributed by atoms with Crippen LogP contribution in [0.1, 0.15) is 52.4 Å². The van der Waals surface area contributed by atoms with Gasteiger partial charge in [-0.1, -0.05) is 51.2 Å². The van der Waals surface area contributed by atoms with Gasteiger partial charge in [-0.15, -0.1) is 0 Å². The first-order valence-corrected chi connectivity index (χ1v) is 8.05. The molecule has 0 aliphatic rings. The average Bonchev–Trinajstić information content (AvgIpc) is 3.01. The summed E-state index contributed by atoms with van der Waals surface area (Å²) >= 11 is 0. The summed E-state index contributed by atoms with van der Waals surface area (Å²) in [6.07, 6.45) is 11.1. The van der Waals surface area contributed by atoms with E-state index in [1.807, 2.05) is 12.1 Å². The first-order chi connectivity index (χ1) is 10.3. The van der Waals surface area contributed by atoms with Crippen LogP contribution in [0.2, 0.25) is 0 Å². The highest BCUT2D eigenvalue weighted by atomic mass is 16.3. The highest BCUT2D eigenvalue weighted by Crippen LogP contribution is 2.23. The summed E-state index contributed by atoms with van der Waals surface area (Å²) in [5.74, 6) is 0.811. The number of benzene rings is 1. The number of rotatable bonds is 9. The Balaban J connectivity index is 1.81. The van der Waals surface area contributed by atoms with Crippen molar-refractivity contribution in [3.8, 4) is 11.3 Å². The maximum Gasteiger partial charge on any atom is 0.181 e. The Bertz CT molecular complexity index is 508. The number of aromatic nitrogens is 1. The minimum absolute atomic E-state index is 0.497. The molecule has 0 fully saturated rings. The molecule has 0 aliphatic heterocycles. The third kappa shape index (κ3) is 5.25. The second kappa shape index (κ2) is 8.50. The third-order valence-electron chi connectivity index (χ3n) is 3.73. The number of nitrogens with zero attached hydrogens (tertiary/aromatic N) is 1. The lowest BCUT2D eigenvalue weighted by molar-refractivity contribution is 0.571. The lowest BCUT2D eigenvalue weighted by Gasteiger charge is -2.15. The van der Waals surface area contributed by atoms with Gasteiger partial charge in [0.25, 0.3) is 0 Å². The minimum Gasteiger partial charge on any atom is -0.444 e. The Kier molecular flexibility index (Phi) is 6.32. The molecule has 0 saturated heterocycles. The molecule has 1 aromatic carbocycles. The highest BCUT2D eigenvalue weighted by Gasteiger charge is 2.05. The van der Waals surface area contributed by atoms with E-state index in [0.717, 1.165) is 17.0 Å². The molecule has 3 nitrogen and oxygen atoms in total. The van der Waals surface area contributed by atoms with E-state index in [0.29, 0.717) is 6.04 Å². The lowest BCUT2D eigenvalue weighted by Crippen LogP contribution is -2.14. The molecule has 0 spiro atoms. The van der Waals surface area contributed by atoms with Gasteiger partial charge in [0, 0.05) is 17.3 Å². The standard InChI is InChI=1S/C18H26N2O/c1-3-4-5-6-7-9-15(2)20-17-11-8-10-16(12-17)18-13-19-14-21-18/h8,10-15,20H,3-7,9H2,1-2H3. The van der Waals surface area contributed by atoms with E-state index in [1.165, 1.54) is 44.9 Å². The van der Waals surface area contributed by atoms with Crippen molar-refractivity contribution in [1.29, 1.82) is 0 Å². The summed E-state index contributed by atoms with van der Waals surface area (Å²) in [4.78, 5) is 3.97. The van der Waals surface area contributed by atoms with Crippen molar-refractivity contribution in [3.05, 3.63) is 36.9 Å². The van der Waals surface area contributed by atoms with Gasteiger partial charge in [-0.3, -0.25) is 0 Å². The van der Waals surface area contributed by atoms with Gasteiger partial charge >= 0.3 is 0 Å². The number of anilines is 1. The maximum absolute atomic E-state index is 5.34. The molecular weight excluding hydrogens is 260 g/mol. The zero-order valence-electron chi connectivity index (χ0n) is 13.1. The van der Waals surface area contributed by atoms with E-state index in [4.69, 9.17) is 4.42 Å². The Morgan fingerprint density at radius 3 is 2.81 bits per heavy atom. The van der Waals surface area contributed by atoms with Crippen LogP contribution in [0, 0.1) is 0 Å². The fraction of sp³-hybridized carbons (Fsp3) is 0.500. The van der Waals surface area contributed by atoms with E-state index in [-0.39, 0.29) is 0 Å². The molecule has 1 aromatic heterocycles. The Morgan fingerprint density at radius 1 is 1.19 bits per heavy atom. The summed E-state index contributed by atoms with van der Waals surface area (Å²) < 4.78 is 5.34. The summed E-state index contributed by atoms with van der Waals surface area (Å²) in [7, 11) is 0. The predicted molar refractivity (Wildman–Crippen MR) is 88.4 cm³/mol. The monoisotopic (exact) mass is 286 g/mol. The smallest absolute Gasteiger partial charge is 0.181 e. The van der Waals surface area contributed by atoms with Crippen molar-refractivity contribution in [2.45, 2.75) is 58.4 Å². The van der Waals surface area contributed by atoms with Crippen LogP contribution in [0.3, 0.4) is 0 Å². The van der Waals surface area contributed by atoms with Crippen LogP contribution in [-0.4, -0.2) is 11.0 Å². The van der Waals surface area contributed by atoms with Crippen LogP contribution in [-0.2, 0) is 0 Å². The van der Waals surface area contributed by atoms with E-state index in [9.17, 15) is 0 Å². The predicted octanol–water partition coefficient (Wildman–Crippen LogP) is 5.50. The summed E-state index contributed by atoms with van der Waals surface area (Å²) in [5.41, 5.74) is 2.21. The van der Waals surface area contributed by atoms with Gasteiger partial charge in [0.2, 0.25) is 0 Å². The number of unbranched alkanes of at least 4 members (excludes halogenated alkanes) is 4. The van der Waals surface area contributed by atoms with Gasteiger partial charge in [-0.2, -0.15) is 0 Å². The van der Waals surface area contributed by atoms with E-state index in [2.05, 4.69) is 36.3 Å². The summed E-state index contributed by atoms with van der Waals surface area (Å²) in [6, 6.07) is 8.81. The van der Waals surface area contributed by atoms with Gasteiger partial charge in [0.15, 0.2) is 12.2 Å². The second-order valence-electron chi connectivity index (χ2n) is 5.69. The van der Waals surface area contributed by atoms with Crippen LogP contribution in [0.25, 0.3) is 11.3 Å². The molecule has 1 atom stereocenters. The van der Waals surface area contributed by atoms with Crippen LogP contribution >= 0.6 is 0 Å². The molecule has 114 valence electrons. The average molecular weight is 286 g/mol. The molecule has 0 radical (unpaired) electrons. The minimum atomic E-state index is 0.497. The van der Waals surface area contributed by atoms with Gasteiger partial charge in [-0.25, -0.2) is 4.98 Å². The fourth-order valence-electron chi connectivity index (χ4n) is 2.53. The van der Waals surface area contributed by atoms with Crippen molar-refractivity contribution >= 4 is 5.69 Å².